The lowest BCUT2D eigenvalue weighted by molar-refractivity contribution is 0.579. The quantitative estimate of drug-likeness (QED) is 0.714. The van der Waals surface area contributed by atoms with Gasteiger partial charge in [-0.1, -0.05) is 0 Å². The molecule has 0 aliphatic rings. The van der Waals surface area contributed by atoms with Gasteiger partial charge in [-0.15, -0.1) is 11.3 Å². The molecule has 0 radical (unpaired) electrons. The number of thiophene rings is 1. The summed E-state index contributed by atoms with van der Waals surface area (Å²) >= 11 is 4.84. The second kappa shape index (κ2) is 6.35. The summed E-state index contributed by atoms with van der Waals surface area (Å²) in [5, 5.41) is 11.6. The molecule has 0 aliphatic carbocycles. The van der Waals surface area contributed by atoms with Gasteiger partial charge in [0.1, 0.15) is 4.90 Å². The molecule has 2 rings (SSSR count). The van der Waals surface area contributed by atoms with Gasteiger partial charge in [0.15, 0.2) is 0 Å². The topological polar surface area (TPSA) is 86.9 Å². The van der Waals surface area contributed by atoms with E-state index in [-0.39, 0.29) is 11.4 Å². The van der Waals surface area contributed by atoms with Crippen LogP contribution in [0.5, 0.6) is 0 Å². The molecule has 0 saturated carbocycles. The summed E-state index contributed by atoms with van der Waals surface area (Å²) in [6, 6.07) is 1.89. The van der Waals surface area contributed by atoms with E-state index < -0.39 is 10.0 Å². The molecule has 2 aromatic rings. The first kappa shape index (κ1) is 15.6. The lowest BCUT2D eigenvalue weighted by Crippen LogP contribution is -2.25. The monoisotopic (exact) mass is 378 g/mol. The molecule has 6 nitrogen and oxygen atoms in total. The van der Waals surface area contributed by atoms with Crippen LogP contribution >= 0.6 is 27.3 Å². The molecule has 20 heavy (non-hydrogen) atoms. The minimum absolute atomic E-state index is 0.225. The summed E-state index contributed by atoms with van der Waals surface area (Å²) in [5.74, 6) is 0. The van der Waals surface area contributed by atoms with E-state index in [4.69, 9.17) is 0 Å². The van der Waals surface area contributed by atoms with Gasteiger partial charge >= 0.3 is 0 Å². The van der Waals surface area contributed by atoms with Crippen molar-refractivity contribution in [2.75, 3.05) is 7.05 Å². The summed E-state index contributed by atoms with van der Waals surface area (Å²) in [6.07, 6.45) is 0. The van der Waals surface area contributed by atoms with Gasteiger partial charge in [0.2, 0.25) is 10.0 Å². The fourth-order valence-corrected chi connectivity index (χ4v) is 4.65. The Balaban J connectivity index is 2.20. The van der Waals surface area contributed by atoms with Gasteiger partial charge in [-0.05, 0) is 36.0 Å². The maximum atomic E-state index is 12.4. The van der Waals surface area contributed by atoms with Gasteiger partial charge in [-0.3, -0.25) is 5.10 Å². The van der Waals surface area contributed by atoms with Crippen molar-refractivity contribution in [2.24, 2.45) is 0 Å². The molecule has 0 fully saturated rings. The van der Waals surface area contributed by atoms with Crippen molar-refractivity contribution in [3.8, 4) is 0 Å². The molecule has 0 atom stereocenters. The molecule has 0 saturated heterocycles. The summed E-state index contributed by atoms with van der Waals surface area (Å²) < 4.78 is 28.3. The standard InChI is InChI=1S/C11H15BrN4O2S2/c1-7-11(10(5-13-2)16-15-7)20(17,18)14-4-9-3-8(12)6-19-9/h3,6,13-14H,4-5H2,1-2H3,(H,15,16). The predicted molar refractivity (Wildman–Crippen MR) is 82.1 cm³/mol. The molecule has 0 bridgehead atoms. The normalized spacial score (nSPS) is 11.9. The smallest absolute Gasteiger partial charge is 0.244 e. The van der Waals surface area contributed by atoms with E-state index in [0.717, 1.165) is 9.35 Å². The summed E-state index contributed by atoms with van der Waals surface area (Å²) in [6.45, 7) is 2.36. The molecular weight excluding hydrogens is 364 g/mol. The van der Waals surface area contributed by atoms with Crippen LogP contribution < -0.4 is 10.0 Å². The van der Waals surface area contributed by atoms with Gasteiger partial charge in [0.05, 0.1) is 11.4 Å². The Labute approximate surface area is 130 Å². The first-order valence-electron chi connectivity index (χ1n) is 5.85. The Morgan fingerprint density at radius 1 is 1.45 bits per heavy atom. The van der Waals surface area contributed by atoms with Crippen LogP contribution in [0.15, 0.2) is 20.8 Å². The van der Waals surface area contributed by atoms with Crippen LogP contribution in [-0.4, -0.2) is 25.7 Å². The largest absolute Gasteiger partial charge is 0.314 e. The molecule has 0 aromatic carbocycles. The lowest BCUT2D eigenvalue weighted by Gasteiger charge is -2.07. The van der Waals surface area contributed by atoms with Gasteiger partial charge in [0, 0.05) is 27.8 Å². The first-order chi connectivity index (χ1) is 9.44. The van der Waals surface area contributed by atoms with Crippen LogP contribution in [0.2, 0.25) is 0 Å². The third-order valence-corrected chi connectivity index (χ3v) is 5.93. The summed E-state index contributed by atoms with van der Waals surface area (Å²) in [4.78, 5) is 1.17. The molecule has 0 amide bonds. The van der Waals surface area contributed by atoms with Crippen molar-refractivity contribution in [1.82, 2.24) is 20.2 Å². The number of aryl methyl sites for hydroxylation is 1. The maximum Gasteiger partial charge on any atom is 0.244 e. The molecule has 9 heteroatoms. The van der Waals surface area contributed by atoms with Crippen molar-refractivity contribution in [1.29, 1.82) is 0 Å². The predicted octanol–water partition coefficient (Wildman–Crippen LogP) is 1.74. The number of hydrogen-bond donors (Lipinski definition) is 3. The van der Waals surface area contributed by atoms with Crippen LogP contribution in [0.4, 0.5) is 0 Å². The van der Waals surface area contributed by atoms with E-state index in [1.54, 1.807) is 14.0 Å². The Morgan fingerprint density at radius 3 is 2.80 bits per heavy atom. The average Bonchev–Trinajstić information content (AvgIpc) is 2.95. The number of aromatic amines is 1. The van der Waals surface area contributed by atoms with Crippen molar-refractivity contribution in [3.05, 3.63) is 32.2 Å². The summed E-state index contributed by atoms with van der Waals surface area (Å²) in [7, 11) is -1.83. The Bertz CT molecular complexity index is 693. The number of hydrogen-bond acceptors (Lipinski definition) is 5. The van der Waals surface area contributed by atoms with Gasteiger partial charge in [0.25, 0.3) is 0 Å². The van der Waals surface area contributed by atoms with E-state index in [1.807, 2.05) is 11.4 Å². The third kappa shape index (κ3) is 3.47. The zero-order chi connectivity index (χ0) is 14.8. The molecule has 0 spiro atoms. The molecule has 2 heterocycles. The first-order valence-corrected chi connectivity index (χ1v) is 9.00. The highest BCUT2D eigenvalue weighted by Gasteiger charge is 2.23. The van der Waals surface area contributed by atoms with Crippen molar-refractivity contribution in [2.45, 2.75) is 24.9 Å². The summed E-state index contributed by atoms with van der Waals surface area (Å²) in [5.41, 5.74) is 1.03. The zero-order valence-electron chi connectivity index (χ0n) is 11.0. The zero-order valence-corrected chi connectivity index (χ0v) is 14.2. The second-order valence-corrected chi connectivity index (χ2v) is 7.83. The fourth-order valence-electron chi connectivity index (χ4n) is 1.80. The minimum atomic E-state index is -3.58. The molecular formula is C11H15BrN4O2S2. The Kier molecular flexibility index (Phi) is 4.97. The highest BCUT2D eigenvalue weighted by atomic mass is 79.9. The van der Waals surface area contributed by atoms with Crippen LogP contribution in [0.25, 0.3) is 0 Å². The van der Waals surface area contributed by atoms with Crippen molar-refractivity contribution < 1.29 is 8.42 Å². The fraction of sp³-hybridized carbons (Fsp3) is 0.364. The van der Waals surface area contributed by atoms with Crippen molar-refractivity contribution >= 4 is 37.3 Å². The number of rotatable bonds is 6. The SMILES string of the molecule is CNCc1n[nH]c(C)c1S(=O)(=O)NCc1cc(Br)cs1. The van der Waals surface area contributed by atoms with Gasteiger partial charge in [-0.25, -0.2) is 13.1 Å². The van der Waals surface area contributed by atoms with E-state index in [2.05, 4.69) is 36.2 Å². The van der Waals surface area contributed by atoms with Crippen LogP contribution in [0, 0.1) is 6.92 Å². The molecule has 110 valence electrons. The molecule has 2 aromatic heterocycles. The van der Waals surface area contributed by atoms with Gasteiger partial charge < -0.3 is 5.32 Å². The Morgan fingerprint density at radius 2 is 2.20 bits per heavy atom. The van der Waals surface area contributed by atoms with E-state index >= 15 is 0 Å². The number of aromatic nitrogens is 2. The Hall–Kier alpha value is -0.740. The number of halogens is 1. The average molecular weight is 379 g/mol. The second-order valence-electron chi connectivity index (χ2n) is 4.21. The number of H-pyrrole nitrogens is 1. The number of nitrogens with one attached hydrogen (secondary N) is 3. The lowest BCUT2D eigenvalue weighted by atomic mass is 10.4. The van der Waals surface area contributed by atoms with Crippen molar-refractivity contribution in [3.63, 3.8) is 0 Å². The van der Waals surface area contributed by atoms with Gasteiger partial charge in [-0.2, -0.15) is 5.10 Å². The molecule has 0 unspecified atom stereocenters. The minimum Gasteiger partial charge on any atom is -0.314 e. The number of nitrogens with zero attached hydrogens (tertiary/aromatic N) is 1. The highest BCUT2D eigenvalue weighted by molar-refractivity contribution is 9.10. The molecule has 3 N–H and O–H groups in total. The maximum absolute atomic E-state index is 12.4. The van der Waals surface area contributed by atoms with Crippen LogP contribution in [-0.2, 0) is 23.1 Å². The highest BCUT2D eigenvalue weighted by Crippen LogP contribution is 2.21. The van der Waals surface area contributed by atoms with E-state index in [9.17, 15) is 8.42 Å². The number of sulfonamides is 1. The van der Waals surface area contributed by atoms with E-state index in [1.165, 1.54) is 11.3 Å². The van der Waals surface area contributed by atoms with E-state index in [0.29, 0.717) is 17.9 Å². The third-order valence-electron chi connectivity index (χ3n) is 2.63. The molecule has 0 aliphatic heterocycles. The van der Waals surface area contributed by atoms with Crippen LogP contribution in [0.3, 0.4) is 0 Å². The van der Waals surface area contributed by atoms with Crippen LogP contribution in [0.1, 0.15) is 16.3 Å².